The first kappa shape index (κ1) is 31.7. The maximum Gasteiger partial charge on any atom is 0.408 e. The second kappa shape index (κ2) is 12.1. The third-order valence-corrected chi connectivity index (χ3v) is 6.36. The van der Waals surface area contributed by atoms with E-state index in [1.165, 1.54) is 4.90 Å². The predicted molar refractivity (Wildman–Crippen MR) is 155 cm³/mol. The number of carbonyl (C=O) groups is 3. The molecule has 39 heavy (non-hydrogen) atoms. The smallest absolute Gasteiger partial charge is 0.408 e. The van der Waals surface area contributed by atoms with Crippen molar-refractivity contribution in [2.75, 3.05) is 5.32 Å². The number of hydrogen-bond acceptors (Lipinski definition) is 5. The van der Waals surface area contributed by atoms with E-state index in [0.29, 0.717) is 16.8 Å². The van der Waals surface area contributed by atoms with Gasteiger partial charge in [-0.1, -0.05) is 50.2 Å². The molecule has 2 atom stereocenters. The average molecular weight is 540 g/mol. The largest absolute Gasteiger partial charge is 0.507 e. The highest BCUT2D eigenvalue weighted by Crippen LogP contribution is 2.37. The molecule has 0 aromatic heterocycles. The minimum Gasteiger partial charge on any atom is -0.507 e. The molecule has 8 nitrogen and oxygen atoms in total. The van der Waals surface area contributed by atoms with Gasteiger partial charge < -0.3 is 25.4 Å². The van der Waals surface area contributed by atoms with E-state index in [9.17, 15) is 19.5 Å². The molecular formula is C31H45N3O5. The molecule has 3 N–H and O–H groups in total. The zero-order valence-corrected chi connectivity index (χ0v) is 25.2. The number of phenols is 1. The van der Waals surface area contributed by atoms with E-state index in [1.54, 1.807) is 45.9 Å². The van der Waals surface area contributed by atoms with Gasteiger partial charge in [-0.05, 0) is 84.9 Å². The van der Waals surface area contributed by atoms with E-state index in [-0.39, 0.29) is 11.7 Å². The van der Waals surface area contributed by atoms with Gasteiger partial charge in [0.1, 0.15) is 23.4 Å². The van der Waals surface area contributed by atoms with Gasteiger partial charge in [0, 0.05) is 16.8 Å². The van der Waals surface area contributed by atoms with Crippen LogP contribution in [-0.4, -0.2) is 45.1 Å². The Kier molecular flexibility index (Phi) is 9.82. The van der Waals surface area contributed by atoms with Crippen molar-refractivity contribution >= 4 is 23.6 Å². The van der Waals surface area contributed by atoms with E-state index in [2.05, 4.69) is 10.6 Å². The summed E-state index contributed by atoms with van der Waals surface area (Å²) in [6, 6.07) is 8.65. The Balaban J connectivity index is 2.69. The molecule has 0 fully saturated rings. The summed E-state index contributed by atoms with van der Waals surface area (Å²) in [5.74, 6) is -1.33. The van der Waals surface area contributed by atoms with Crippen LogP contribution in [0.3, 0.4) is 0 Å². The fraction of sp³-hybridized carbons (Fsp3) is 0.516. The third-order valence-electron chi connectivity index (χ3n) is 6.36. The zero-order valence-electron chi connectivity index (χ0n) is 25.2. The van der Waals surface area contributed by atoms with E-state index in [0.717, 1.165) is 11.1 Å². The molecule has 0 spiro atoms. The number of carbonyl (C=O) groups excluding carboxylic acids is 3. The summed E-state index contributed by atoms with van der Waals surface area (Å²) in [5.41, 5.74) is 1.63. The number of benzene rings is 2. The second-order valence-corrected chi connectivity index (χ2v) is 12.4. The molecule has 0 aliphatic rings. The number of anilines is 1. The first-order valence-electron chi connectivity index (χ1n) is 13.3. The first-order valence-corrected chi connectivity index (χ1v) is 13.3. The van der Waals surface area contributed by atoms with Gasteiger partial charge in [-0.15, -0.1) is 0 Å². The van der Waals surface area contributed by atoms with Crippen LogP contribution in [0.15, 0.2) is 36.4 Å². The van der Waals surface area contributed by atoms with Crippen molar-refractivity contribution in [2.45, 2.75) is 99.4 Å². The van der Waals surface area contributed by atoms with Crippen molar-refractivity contribution in [2.24, 2.45) is 5.92 Å². The summed E-state index contributed by atoms with van der Waals surface area (Å²) in [5, 5.41) is 16.8. The Hall–Kier alpha value is -3.55. The number of ether oxygens (including phenoxy) is 1. The van der Waals surface area contributed by atoms with Crippen LogP contribution >= 0.6 is 0 Å². The number of aryl methyl sites for hydroxylation is 3. The number of amides is 3. The molecule has 2 rings (SSSR count). The summed E-state index contributed by atoms with van der Waals surface area (Å²) in [4.78, 5) is 42.6. The molecule has 0 radical (unpaired) electrons. The highest BCUT2D eigenvalue weighted by molar-refractivity contribution is 6.00. The van der Waals surface area contributed by atoms with Gasteiger partial charge >= 0.3 is 6.09 Å². The lowest BCUT2D eigenvalue weighted by Crippen LogP contribution is -2.59. The van der Waals surface area contributed by atoms with Gasteiger partial charge in [0.15, 0.2) is 0 Å². The summed E-state index contributed by atoms with van der Waals surface area (Å²) >= 11 is 0. The molecule has 2 unspecified atom stereocenters. The summed E-state index contributed by atoms with van der Waals surface area (Å²) in [6.07, 6.45) is -0.724. The number of nitrogens with one attached hydrogen (secondary N) is 2. The van der Waals surface area contributed by atoms with Crippen LogP contribution in [0.4, 0.5) is 10.5 Å². The number of nitrogens with zero attached hydrogens (tertiary/aromatic N) is 1. The van der Waals surface area contributed by atoms with Crippen LogP contribution in [0, 0.1) is 26.7 Å². The number of para-hydroxylation sites is 2. The topological polar surface area (TPSA) is 108 Å². The molecule has 8 heteroatoms. The first-order chi connectivity index (χ1) is 17.8. The Morgan fingerprint density at radius 3 is 1.87 bits per heavy atom. The molecule has 214 valence electrons. The Labute approximate surface area is 233 Å². The molecule has 0 saturated carbocycles. The second-order valence-electron chi connectivity index (χ2n) is 12.4. The minimum atomic E-state index is -1.20. The highest BCUT2D eigenvalue weighted by atomic mass is 16.6. The van der Waals surface area contributed by atoms with Crippen molar-refractivity contribution in [3.8, 4) is 5.75 Å². The van der Waals surface area contributed by atoms with Crippen LogP contribution < -0.4 is 10.6 Å². The minimum absolute atomic E-state index is 0.0672. The maximum atomic E-state index is 14.3. The van der Waals surface area contributed by atoms with Crippen LogP contribution in [0.1, 0.15) is 83.7 Å². The fourth-order valence-corrected chi connectivity index (χ4v) is 4.45. The van der Waals surface area contributed by atoms with Crippen molar-refractivity contribution in [3.63, 3.8) is 0 Å². The summed E-state index contributed by atoms with van der Waals surface area (Å²) in [6.45, 7) is 19.9. The van der Waals surface area contributed by atoms with Crippen LogP contribution in [0.5, 0.6) is 5.75 Å². The van der Waals surface area contributed by atoms with Crippen LogP contribution in [0.2, 0.25) is 0 Å². The number of rotatable bonds is 7. The lowest BCUT2D eigenvalue weighted by atomic mass is 9.92. The van der Waals surface area contributed by atoms with E-state index in [1.807, 2.05) is 66.7 Å². The van der Waals surface area contributed by atoms with Gasteiger partial charge in [0.25, 0.3) is 5.91 Å². The number of hydrogen-bond donors (Lipinski definition) is 3. The molecule has 2 aromatic carbocycles. The number of aromatic hydroxyl groups is 1. The molecular weight excluding hydrogens is 494 g/mol. The molecule has 0 aliphatic carbocycles. The maximum absolute atomic E-state index is 14.3. The van der Waals surface area contributed by atoms with Gasteiger partial charge in [-0.2, -0.15) is 0 Å². The highest BCUT2D eigenvalue weighted by Gasteiger charge is 2.43. The molecule has 0 saturated heterocycles. The Morgan fingerprint density at radius 2 is 1.38 bits per heavy atom. The summed E-state index contributed by atoms with van der Waals surface area (Å²) in [7, 11) is 0. The van der Waals surface area contributed by atoms with E-state index < -0.39 is 41.1 Å². The Bertz CT molecular complexity index is 1190. The average Bonchev–Trinajstić information content (AvgIpc) is 2.77. The van der Waals surface area contributed by atoms with E-state index >= 15 is 0 Å². The van der Waals surface area contributed by atoms with Gasteiger partial charge in [0.05, 0.1) is 0 Å². The molecule has 0 bridgehead atoms. The molecule has 3 amide bonds. The predicted octanol–water partition coefficient (Wildman–Crippen LogP) is 6.17. The monoisotopic (exact) mass is 539 g/mol. The SMILES string of the molecule is Cc1cccc(C(C(=O)Nc2c(C)cccc2C)N(C(=O)C(NC(=O)OC(C)(C)C)C(C)C)C(C)(C)C)c1O. The molecule has 0 heterocycles. The number of alkyl carbamates (subject to hydrolysis) is 1. The van der Waals surface area contributed by atoms with Crippen molar-refractivity contribution in [1.29, 1.82) is 0 Å². The normalized spacial score (nSPS) is 13.4. The number of phenolic OH excluding ortho intramolecular Hbond substituents is 1. The van der Waals surface area contributed by atoms with Crippen LogP contribution in [0.25, 0.3) is 0 Å². The molecule has 0 aliphatic heterocycles. The third kappa shape index (κ3) is 7.97. The van der Waals surface area contributed by atoms with Crippen molar-refractivity contribution < 1.29 is 24.2 Å². The van der Waals surface area contributed by atoms with Crippen molar-refractivity contribution in [3.05, 3.63) is 58.7 Å². The van der Waals surface area contributed by atoms with Gasteiger partial charge in [-0.3, -0.25) is 9.59 Å². The van der Waals surface area contributed by atoms with Crippen LogP contribution in [-0.2, 0) is 14.3 Å². The Morgan fingerprint density at radius 1 is 0.872 bits per heavy atom. The standard InChI is InChI=1S/C31H45N3O5/c1-18(2)23(33-29(38)39-31(9,10)11)28(37)34(30(6,7)8)25(22-17-13-16-21(5)26(22)35)27(36)32-24-19(3)14-12-15-20(24)4/h12-18,23,25,35H,1-11H3,(H,32,36)(H,33,38). The lowest BCUT2D eigenvalue weighted by Gasteiger charge is -2.43. The van der Waals surface area contributed by atoms with Gasteiger partial charge in [0.2, 0.25) is 5.91 Å². The molecule has 2 aromatic rings. The fourth-order valence-electron chi connectivity index (χ4n) is 4.45. The van der Waals surface area contributed by atoms with Gasteiger partial charge in [-0.25, -0.2) is 4.79 Å². The lowest BCUT2D eigenvalue weighted by molar-refractivity contribution is -0.147. The quantitative estimate of drug-likeness (QED) is 0.390. The summed E-state index contributed by atoms with van der Waals surface area (Å²) < 4.78 is 5.43. The van der Waals surface area contributed by atoms with E-state index in [4.69, 9.17) is 4.74 Å². The zero-order chi connectivity index (χ0) is 29.9. The van der Waals surface area contributed by atoms with Crippen molar-refractivity contribution in [1.82, 2.24) is 10.2 Å².